The van der Waals surface area contributed by atoms with Crippen molar-refractivity contribution in [3.05, 3.63) is 34.4 Å². The maximum Gasteiger partial charge on any atom is 0.269 e. The molecule has 116 valence electrons. The highest BCUT2D eigenvalue weighted by Gasteiger charge is 2.31. The first-order valence-corrected chi connectivity index (χ1v) is 8.30. The normalized spacial score (nSPS) is 26.5. The van der Waals surface area contributed by atoms with Crippen LogP contribution in [-0.2, 0) is 10.0 Å². The molecule has 21 heavy (non-hydrogen) atoms. The molecule has 3 atom stereocenters. The van der Waals surface area contributed by atoms with Gasteiger partial charge in [-0.15, -0.1) is 0 Å². The van der Waals surface area contributed by atoms with Crippen molar-refractivity contribution in [3.63, 3.8) is 0 Å². The summed E-state index contributed by atoms with van der Waals surface area (Å²) < 4.78 is 27.4. The van der Waals surface area contributed by atoms with Gasteiger partial charge in [0.05, 0.1) is 9.82 Å². The summed E-state index contributed by atoms with van der Waals surface area (Å²) in [5.74, 6) is 0.231. The zero-order valence-electron chi connectivity index (χ0n) is 11.9. The molecule has 8 heteroatoms. The van der Waals surface area contributed by atoms with Gasteiger partial charge >= 0.3 is 0 Å². The highest BCUT2D eigenvalue weighted by atomic mass is 32.2. The van der Waals surface area contributed by atoms with E-state index in [0.717, 1.165) is 13.0 Å². The lowest BCUT2D eigenvalue weighted by molar-refractivity contribution is -0.384. The molecule has 1 aromatic rings. The average Bonchev–Trinajstić information content (AvgIpc) is 2.43. The van der Waals surface area contributed by atoms with Crippen LogP contribution < -0.4 is 10.0 Å². The van der Waals surface area contributed by atoms with Gasteiger partial charge in [-0.25, -0.2) is 13.1 Å². The largest absolute Gasteiger partial charge is 0.313 e. The molecule has 3 unspecified atom stereocenters. The van der Waals surface area contributed by atoms with Gasteiger partial charge in [0.15, 0.2) is 0 Å². The summed E-state index contributed by atoms with van der Waals surface area (Å²) in [5, 5.41) is 13.8. The van der Waals surface area contributed by atoms with Crippen LogP contribution in [0.15, 0.2) is 29.2 Å². The monoisotopic (exact) mass is 313 g/mol. The smallest absolute Gasteiger partial charge is 0.269 e. The number of nitro benzene ring substituents is 1. The summed E-state index contributed by atoms with van der Waals surface area (Å²) in [7, 11) is -3.68. The Morgan fingerprint density at radius 3 is 2.43 bits per heavy atom. The highest BCUT2D eigenvalue weighted by Crippen LogP contribution is 2.20. The lowest BCUT2D eigenvalue weighted by atomic mass is 9.90. The summed E-state index contributed by atoms with van der Waals surface area (Å²) in [5.41, 5.74) is -0.130. The molecule has 2 rings (SSSR count). The van der Waals surface area contributed by atoms with E-state index < -0.39 is 14.9 Å². The predicted octanol–water partition coefficient (Wildman–Crippen LogP) is 1.26. The zero-order chi connectivity index (χ0) is 15.6. The molecule has 2 N–H and O–H groups in total. The molecular weight excluding hydrogens is 294 g/mol. The van der Waals surface area contributed by atoms with Crippen molar-refractivity contribution in [3.8, 4) is 0 Å². The number of hydrogen-bond acceptors (Lipinski definition) is 5. The molecule has 0 aliphatic carbocycles. The Hall–Kier alpha value is -1.51. The molecule has 0 aromatic heterocycles. The van der Waals surface area contributed by atoms with E-state index >= 15 is 0 Å². The SMILES string of the molecule is CC1CCNC(C)C1NS(=O)(=O)c1ccc([N+](=O)[O-])cc1. The number of rotatable bonds is 4. The van der Waals surface area contributed by atoms with Gasteiger partial charge < -0.3 is 5.32 Å². The van der Waals surface area contributed by atoms with Crippen molar-refractivity contribution < 1.29 is 13.3 Å². The second kappa shape index (κ2) is 6.08. The average molecular weight is 313 g/mol. The van der Waals surface area contributed by atoms with E-state index in [4.69, 9.17) is 0 Å². The molecular formula is C13H19N3O4S. The summed E-state index contributed by atoms with van der Waals surface area (Å²) in [6.45, 7) is 4.83. The summed E-state index contributed by atoms with van der Waals surface area (Å²) in [4.78, 5) is 10.1. The van der Waals surface area contributed by atoms with Gasteiger partial charge in [-0.3, -0.25) is 10.1 Å². The third kappa shape index (κ3) is 3.58. The lowest BCUT2D eigenvalue weighted by Crippen LogP contribution is -2.55. The van der Waals surface area contributed by atoms with Crippen molar-refractivity contribution in [1.29, 1.82) is 0 Å². The van der Waals surface area contributed by atoms with E-state index in [9.17, 15) is 18.5 Å². The van der Waals surface area contributed by atoms with E-state index in [2.05, 4.69) is 10.0 Å². The van der Waals surface area contributed by atoms with Gasteiger partial charge in [-0.05, 0) is 37.9 Å². The van der Waals surface area contributed by atoms with Crippen molar-refractivity contribution in [2.75, 3.05) is 6.54 Å². The Kier molecular flexibility index (Phi) is 4.60. The molecule has 0 amide bonds. The molecule has 1 aromatic carbocycles. The van der Waals surface area contributed by atoms with E-state index in [1.165, 1.54) is 24.3 Å². The number of nitrogens with zero attached hydrogens (tertiary/aromatic N) is 1. The number of sulfonamides is 1. The first-order chi connectivity index (χ1) is 9.81. The minimum absolute atomic E-state index is 0.0399. The summed E-state index contributed by atoms with van der Waals surface area (Å²) in [6, 6.07) is 4.75. The van der Waals surface area contributed by atoms with Crippen LogP contribution in [0, 0.1) is 16.0 Å². The molecule has 0 radical (unpaired) electrons. The minimum atomic E-state index is -3.68. The lowest BCUT2D eigenvalue weighted by Gasteiger charge is -2.35. The predicted molar refractivity (Wildman–Crippen MR) is 78.5 cm³/mol. The fourth-order valence-corrected chi connectivity index (χ4v) is 3.98. The highest BCUT2D eigenvalue weighted by molar-refractivity contribution is 7.89. The number of nitro groups is 1. The van der Waals surface area contributed by atoms with Crippen LogP contribution >= 0.6 is 0 Å². The van der Waals surface area contributed by atoms with Crippen LogP contribution in [0.1, 0.15) is 20.3 Å². The van der Waals surface area contributed by atoms with Crippen molar-refractivity contribution in [2.24, 2.45) is 5.92 Å². The van der Waals surface area contributed by atoms with Crippen LogP contribution in [0.4, 0.5) is 5.69 Å². The Balaban J connectivity index is 2.19. The van der Waals surface area contributed by atoms with E-state index in [1.807, 2.05) is 13.8 Å². The summed E-state index contributed by atoms with van der Waals surface area (Å²) >= 11 is 0. The second-order valence-corrected chi connectivity index (χ2v) is 7.12. The Morgan fingerprint density at radius 2 is 1.90 bits per heavy atom. The first-order valence-electron chi connectivity index (χ1n) is 6.81. The molecule has 1 saturated heterocycles. The molecule has 1 aliphatic rings. The van der Waals surface area contributed by atoms with Crippen molar-refractivity contribution >= 4 is 15.7 Å². The second-order valence-electron chi connectivity index (χ2n) is 5.41. The number of piperidine rings is 1. The molecule has 0 bridgehead atoms. The number of nitrogens with one attached hydrogen (secondary N) is 2. The minimum Gasteiger partial charge on any atom is -0.313 e. The topological polar surface area (TPSA) is 101 Å². The van der Waals surface area contributed by atoms with Gasteiger partial charge in [0.1, 0.15) is 0 Å². The van der Waals surface area contributed by atoms with Crippen LogP contribution in [0.5, 0.6) is 0 Å². The van der Waals surface area contributed by atoms with Crippen molar-refractivity contribution in [2.45, 2.75) is 37.2 Å². The molecule has 7 nitrogen and oxygen atoms in total. The quantitative estimate of drug-likeness (QED) is 0.643. The third-order valence-corrected chi connectivity index (χ3v) is 5.34. The standard InChI is InChI=1S/C13H19N3O4S/c1-9-7-8-14-10(2)13(9)15-21(19,20)12-5-3-11(4-6-12)16(17)18/h3-6,9-10,13-15H,7-8H2,1-2H3. The van der Waals surface area contributed by atoms with Crippen LogP contribution in [0.25, 0.3) is 0 Å². The van der Waals surface area contributed by atoms with Gasteiger partial charge in [0.25, 0.3) is 5.69 Å². The van der Waals surface area contributed by atoms with Gasteiger partial charge in [0.2, 0.25) is 10.0 Å². The van der Waals surface area contributed by atoms with E-state index in [1.54, 1.807) is 0 Å². The molecule has 0 saturated carbocycles. The fraction of sp³-hybridized carbons (Fsp3) is 0.538. The van der Waals surface area contributed by atoms with Crippen molar-refractivity contribution in [1.82, 2.24) is 10.0 Å². The molecule has 1 aliphatic heterocycles. The Labute approximate surface area is 123 Å². The Bertz CT molecular complexity index is 605. The first kappa shape index (κ1) is 15.9. The Morgan fingerprint density at radius 1 is 1.29 bits per heavy atom. The van der Waals surface area contributed by atoms with Crippen LogP contribution in [0.3, 0.4) is 0 Å². The molecule has 1 fully saturated rings. The maximum absolute atomic E-state index is 12.4. The number of benzene rings is 1. The van der Waals surface area contributed by atoms with Crippen LogP contribution in [0.2, 0.25) is 0 Å². The fourth-order valence-electron chi connectivity index (χ4n) is 2.55. The number of hydrogen-bond donors (Lipinski definition) is 2. The van der Waals surface area contributed by atoms with E-state index in [-0.39, 0.29) is 28.6 Å². The van der Waals surface area contributed by atoms with Gasteiger partial charge in [0, 0.05) is 24.2 Å². The summed E-state index contributed by atoms with van der Waals surface area (Å²) in [6.07, 6.45) is 0.901. The number of non-ortho nitro benzene ring substituents is 1. The van der Waals surface area contributed by atoms with Gasteiger partial charge in [-0.2, -0.15) is 0 Å². The molecule has 0 spiro atoms. The van der Waals surface area contributed by atoms with Crippen LogP contribution in [-0.4, -0.2) is 32.0 Å². The van der Waals surface area contributed by atoms with E-state index in [0.29, 0.717) is 0 Å². The molecule has 1 heterocycles. The van der Waals surface area contributed by atoms with Gasteiger partial charge in [-0.1, -0.05) is 6.92 Å². The maximum atomic E-state index is 12.4. The zero-order valence-corrected chi connectivity index (χ0v) is 12.8. The third-order valence-electron chi connectivity index (χ3n) is 3.87.